The standard InChI is InChI=1S/C25H23F4N5O2S/c1-32-9-5-16(6-10-32)36-17-3-4-21(19(26)12-17)34-23(37)33(22(35)24(34)7-2-8-24)15-11-18(25(27,28)29)20(13-30)31-14-15/h3-4,11-12,14,16H,2,5-10H2,1H3. The van der Waals surface area contributed by atoms with Crippen LogP contribution in [0.4, 0.5) is 28.9 Å². The second-order valence-electron chi connectivity index (χ2n) is 9.58. The molecule has 7 nitrogen and oxygen atoms in total. The highest BCUT2D eigenvalue weighted by Gasteiger charge is 2.60. The van der Waals surface area contributed by atoms with Gasteiger partial charge in [0.1, 0.15) is 23.5 Å². The zero-order valence-corrected chi connectivity index (χ0v) is 20.7. The molecule has 12 heteroatoms. The zero-order valence-electron chi connectivity index (χ0n) is 19.9. The number of aromatic nitrogens is 1. The third-order valence-corrected chi connectivity index (χ3v) is 7.63. The second-order valence-corrected chi connectivity index (χ2v) is 9.94. The summed E-state index contributed by atoms with van der Waals surface area (Å²) in [7, 11) is 2.03. The average Bonchev–Trinajstić information content (AvgIpc) is 3.06. The molecule has 0 atom stereocenters. The lowest BCUT2D eigenvalue weighted by atomic mass is 9.75. The topological polar surface area (TPSA) is 72.7 Å². The van der Waals surface area contributed by atoms with Gasteiger partial charge in [-0.15, -0.1) is 0 Å². The first kappa shape index (κ1) is 25.4. The number of nitriles is 1. The van der Waals surface area contributed by atoms with Crippen LogP contribution in [0.3, 0.4) is 0 Å². The van der Waals surface area contributed by atoms with Gasteiger partial charge in [0, 0.05) is 19.2 Å². The summed E-state index contributed by atoms with van der Waals surface area (Å²) in [6.45, 7) is 1.77. The Morgan fingerprint density at radius 1 is 1.22 bits per heavy atom. The molecular formula is C25H23F4N5O2S. The van der Waals surface area contributed by atoms with Gasteiger partial charge >= 0.3 is 6.18 Å². The number of pyridine rings is 1. The Labute approximate surface area is 216 Å². The lowest BCUT2D eigenvalue weighted by molar-refractivity contribution is -0.138. The van der Waals surface area contributed by atoms with Crippen molar-refractivity contribution in [1.82, 2.24) is 9.88 Å². The van der Waals surface area contributed by atoms with Crippen molar-refractivity contribution in [2.75, 3.05) is 29.9 Å². The van der Waals surface area contributed by atoms with E-state index in [0.717, 1.165) is 37.0 Å². The maximum Gasteiger partial charge on any atom is 0.419 e. The number of hydrogen-bond acceptors (Lipinski definition) is 6. The lowest BCUT2D eigenvalue weighted by Gasteiger charge is -2.43. The van der Waals surface area contributed by atoms with Crippen molar-refractivity contribution in [3.05, 3.63) is 47.5 Å². The van der Waals surface area contributed by atoms with Gasteiger partial charge in [-0.05, 0) is 69.6 Å². The van der Waals surface area contributed by atoms with E-state index in [1.54, 1.807) is 6.07 Å². The minimum atomic E-state index is -4.86. The number of amides is 1. The summed E-state index contributed by atoms with van der Waals surface area (Å²) in [5.74, 6) is -0.838. The molecule has 3 fully saturated rings. The highest BCUT2D eigenvalue weighted by atomic mass is 32.1. The van der Waals surface area contributed by atoms with E-state index in [4.69, 9.17) is 22.2 Å². The van der Waals surface area contributed by atoms with E-state index >= 15 is 4.39 Å². The van der Waals surface area contributed by atoms with E-state index in [9.17, 15) is 18.0 Å². The molecule has 2 aromatic rings. The minimum absolute atomic E-state index is 0.0314. The molecule has 0 N–H and O–H groups in total. The fraction of sp³-hybridized carbons (Fsp3) is 0.440. The Morgan fingerprint density at radius 2 is 1.92 bits per heavy atom. The Morgan fingerprint density at radius 3 is 2.49 bits per heavy atom. The van der Waals surface area contributed by atoms with Gasteiger partial charge < -0.3 is 14.5 Å². The summed E-state index contributed by atoms with van der Waals surface area (Å²) in [5.41, 5.74) is -3.45. The predicted molar refractivity (Wildman–Crippen MR) is 131 cm³/mol. The summed E-state index contributed by atoms with van der Waals surface area (Å²) in [5, 5.41) is 8.90. The Bertz CT molecular complexity index is 1300. The summed E-state index contributed by atoms with van der Waals surface area (Å²) in [4.78, 5) is 21.7. The van der Waals surface area contributed by atoms with E-state index in [2.05, 4.69) is 9.88 Å². The number of carbonyl (C=O) groups is 1. The average molecular weight is 534 g/mol. The van der Waals surface area contributed by atoms with Crippen molar-refractivity contribution in [2.45, 2.75) is 49.9 Å². The molecule has 1 saturated carbocycles. The van der Waals surface area contributed by atoms with Crippen molar-refractivity contribution in [1.29, 1.82) is 5.26 Å². The monoisotopic (exact) mass is 533 g/mol. The number of rotatable bonds is 4. The lowest BCUT2D eigenvalue weighted by Crippen LogP contribution is -2.55. The van der Waals surface area contributed by atoms with Crippen LogP contribution >= 0.6 is 12.2 Å². The van der Waals surface area contributed by atoms with Crippen molar-refractivity contribution in [3.8, 4) is 11.8 Å². The molecule has 3 aliphatic rings. The molecule has 194 valence electrons. The number of piperidine rings is 1. The molecule has 1 aromatic carbocycles. The van der Waals surface area contributed by atoms with Crippen LogP contribution in [0.1, 0.15) is 43.4 Å². The fourth-order valence-corrected chi connectivity index (χ4v) is 5.56. The van der Waals surface area contributed by atoms with Crippen LogP contribution in [-0.2, 0) is 11.0 Å². The molecule has 0 radical (unpaired) electrons. The molecule has 5 rings (SSSR count). The molecular weight excluding hydrogens is 510 g/mol. The first-order valence-electron chi connectivity index (χ1n) is 11.9. The first-order valence-corrected chi connectivity index (χ1v) is 12.3. The number of carbonyl (C=O) groups excluding carboxylic acids is 1. The van der Waals surface area contributed by atoms with E-state index in [1.807, 2.05) is 7.05 Å². The molecule has 0 unspecified atom stereocenters. The Hall–Kier alpha value is -3.30. The summed E-state index contributed by atoms with van der Waals surface area (Å²) in [6.07, 6.45) is -0.836. The van der Waals surface area contributed by atoms with Crippen LogP contribution in [0.15, 0.2) is 30.5 Å². The SMILES string of the molecule is CN1CCC(Oc2ccc(N3C(=S)N(c4cnc(C#N)c(C(F)(F)F)c4)C(=O)C34CCC4)c(F)c2)CC1. The van der Waals surface area contributed by atoms with Crippen LogP contribution in [-0.4, -0.2) is 52.7 Å². The van der Waals surface area contributed by atoms with Gasteiger partial charge in [-0.2, -0.15) is 18.4 Å². The number of ether oxygens (including phenoxy) is 1. The van der Waals surface area contributed by atoms with Gasteiger partial charge in [-0.3, -0.25) is 9.69 Å². The van der Waals surface area contributed by atoms with E-state index < -0.39 is 34.7 Å². The van der Waals surface area contributed by atoms with E-state index in [0.29, 0.717) is 31.1 Å². The van der Waals surface area contributed by atoms with Crippen molar-refractivity contribution >= 4 is 34.6 Å². The highest BCUT2D eigenvalue weighted by molar-refractivity contribution is 7.81. The zero-order chi connectivity index (χ0) is 26.5. The van der Waals surface area contributed by atoms with Gasteiger partial charge in [0.05, 0.1) is 23.1 Å². The minimum Gasteiger partial charge on any atom is -0.490 e. The molecule has 1 aliphatic carbocycles. The number of nitrogens with zero attached hydrogens (tertiary/aromatic N) is 5. The Kier molecular flexibility index (Phi) is 6.32. The number of anilines is 2. The Balaban J connectivity index is 1.47. The number of hydrogen-bond donors (Lipinski definition) is 0. The fourth-order valence-electron chi connectivity index (χ4n) is 5.10. The highest BCUT2D eigenvalue weighted by Crippen LogP contribution is 2.49. The van der Waals surface area contributed by atoms with Crippen molar-refractivity contribution < 1.29 is 27.1 Å². The molecule has 1 spiro atoms. The molecule has 37 heavy (non-hydrogen) atoms. The van der Waals surface area contributed by atoms with Crippen LogP contribution in [0.5, 0.6) is 5.75 Å². The third-order valence-electron chi connectivity index (χ3n) is 7.26. The summed E-state index contributed by atoms with van der Waals surface area (Å²) >= 11 is 5.54. The van der Waals surface area contributed by atoms with Crippen molar-refractivity contribution in [2.24, 2.45) is 0 Å². The number of benzene rings is 1. The molecule has 1 aromatic heterocycles. The predicted octanol–water partition coefficient (Wildman–Crippen LogP) is 4.64. The molecule has 3 heterocycles. The molecule has 1 amide bonds. The maximum absolute atomic E-state index is 15.5. The van der Waals surface area contributed by atoms with Crippen molar-refractivity contribution in [3.63, 3.8) is 0 Å². The van der Waals surface area contributed by atoms with E-state index in [1.165, 1.54) is 23.1 Å². The number of alkyl halides is 3. The normalized spacial score (nSPS) is 20.3. The largest absolute Gasteiger partial charge is 0.490 e. The van der Waals surface area contributed by atoms with E-state index in [-0.39, 0.29) is 22.6 Å². The number of likely N-dealkylation sites (tertiary alicyclic amines) is 1. The first-order chi connectivity index (χ1) is 17.5. The quantitative estimate of drug-likeness (QED) is 0.419. The van der Waals surface area contributed by atoms with Gasteiger partial charge in [-0.25, -0.2) is 9.37 Å². The van der Waals surface area contributed by atoms with Crippen LogP contribution in [0.25, 0.3) is 0 Å². The number of thiocarbonyl (C=S) groups is 1. The van der Waals surface area contributed by atoms with Gasteiger partial charge in [0.15, 0.2) is 16.6 Å². The van der Waals surface area contributed by atoms with Gasteiger partial charge in [-0.1, -0.05) is 0 Å². The molecule has 2 aliphatic heterocycles. The summed E-state index contributed by atoms with van der Waals surface area (Å²) < 4.78 is 62.0. The van der Waals surface area contributed by atoms with Crippen LogP contribution in [0, 0.1) is 17.1 Å². The number of halogens is 4. The summed E-state index contributed by atoms with van der Waals surface area (Å²) in [6, 6.07) is 6.45. The van der Waals surface area contributed by atoms with Crippen LogP contribution in [0.2, 0.25) is 0 Å². The van der Waals surface area contributed by atoms with Gasteiger partial charge in [0.2, 0.25) is 0 Å². The molecule has 0 bridgehead atoms. The van der Waals surface area contributed by atoms with Crippen LogP contribution < -0.4 is 14.5 Å². The second kappa shape index (κ2) is 9.22. The maximum atomic E-state index is 15.5. The van der Waals surface area contributed by atoms with Gasteiger partial charge in [0.25, 0.3) is 5.91 Å². The third kappa shape index (κ3) is 4.30. The molecule has 2 saturated heterocycles. The smallest absolute Gasteiger partial charge is 0.419 e.